The molecule has 1 saturated heterocycles. The van der Waals surface area contributed by atoms with Gasteiger partial charge in [0.15, 0.2) is 0 Å². The zero-order valence-corrected chi connectivity index (χ0v) is 12.1. The molecule has 22 heavy (non-hydrogen) atoms. The van der Waals surface area contributed by atoms with Crippen LogP contribution in [0.3, 0.4) is 0 Å². The van der Waals surface area contributed by atoms with E-state index in [1.54, 1.807) is 23.2 Å². The number of carbonyl (C=O) groups excluding carboxylic acids is 1. The topological polar surface area (TPSA) is 132 Å². The molecule has 0 aromatic carbocycles. The van der Waals surface area contributed by atoms with E-state index in [9.17, 15) is 9.59 Å². The van der Waals surface area contributed by atoms with E-state index >= 15 is 0 Å². The highest BCUT2D eigenvalue weighted by Gasteiger charge is 2.31. The van der Waals surface area contributed by atoms with Crippen molar-refractivity contribution in [1.82, 2.24) is 15.2 Å². The summed E-state index contributed by atoms with van der Waals surface area (Å²) in [6.07, 6.45) is 3.04. The third-order valence-electron chi connectivity index (χ3n) is 3.57. The number of amidine groups is 1. The summed E-state index contributed by atoms with van der Waals surface area (Å²) in [5, 5.41) is 18.9. The second-order valence-corrected chi connectivity index (χ2v) is 5.21. The van der Waals surface area contributed by atoms with Gasteiger partial charge >= 0.3 is 5.97 Å². The second kappa shape index (κ2) is 6.99. The average Bonchev–Trinajstić information content (AvgIpc) is 2.92. The summed E-state index contributed by atoms with van der Waals surface area (Å²) in [6, 6.07) is 2.98. The fraction of sp³-hybridized carbons (Fsp3) is 0.429. The summed E-state index contributed by atoms with van der Waals surface area (Å²) in [5.74, 6) is -1.20. The molecular formula is C14H19N5O3. The normalized spacial score (nSPS) is 18.1. The number of nitrogens with two attached hydrogens (primary N) is 1. The largest absolute Gasteiger partial charge is 0.480 e. The molecule has 0 radical (unpaired) electrons. The lowest BCUT2D eigenvalue weighted by Crippen LogP contribution is -2.44. The maximum Gasteiger partial charge on any atom is 0.317 e. The van der Waals surface area contributed by atoms with Gasteiger partial charge in [-0.1, -0.05) is 6.07 Å². The number of aromatic nitrogens is 1. The molecule has 1 aromatic heterocycles. The molecule has 0 bridgehead atoms. The van der Waals surface area contributed by atoms with Gasteiger partial charge in [0.2, 0.25) is 5.91 Å². The lowest BCUT2D eigenvalue weighted by molar-refractivity contribution is -0.139. The quantitative estimate of drug-likeness (QED) is 0.415. The first-order valence-electron chi connectivity index (χ1n) is 7.00. The van der Waals surface area contributed by atoms with Crippen molar-refractivity contribution in [3.8, 4) is 0 Å². The second-order valence-electron chi connectivity index (χ2n) is 5.21. The molecule has 1 aliphatic heterocycles. The summed E-state index contributed by atoms with van der Waals surface area (Å²) in [6.45, 7) is 0.813. The standard InChI is InChI=1S/C14H19N5O3/c15-13(16)10-4-3-9(6-17-10)7-18-14(22)11-2-1-5-19(11)8-12(20)21/h3-4,6,11H,1-2,5,7-8H2,(H3,15,16)(H,18,22)(H,20,21)/t11-/m0/s1. The number of nitrogen functional groups attached to an aromatic ring is 1. The Bertz CT molecular complexity index is 572. The van der Waals surface area contributed by atoms with Crippen LogP contribution in [-0.2, 0) is 16.1 Å². The van der Waals surface area contributed by atoms with E-state index in [0.717, 1.165) is 12.0 Å². The Morgan fingerprint density at radius 1 is 1.50 bits per heavy atom. The first kappa shape index (κ1) is 15.9. The lowest BCUT2D eigenvalue weighted by Gasteiger charge is -2.21. The van der Waals surface area contributed by atoms with Gasteiger partial charge in [0.1, 0.15) is 11.5 Å². The predicted octanol–water partition coefficient (Wildman–Crippen LogP) is -0.469. The van der Waals surface area contributed by atoms with Gasteiger partial charge in [-0.25, -0.2) is 0 Å². The molecular weight excluding hydrogens is 286 g/mol. The first-order chi connectivity index (χ1) is 10.5. The number of hydrogen-bond donors (Lipinski definition) is 4. The third kappa shape index (κ3) is 4.01. The van der Waals surface area contributed by atoms with E-state index in [2.05, 4.69) is 10.3 Å². The van der Waals surface area contributed by atoms with Crippen molar-refractivity contribution in [2.24, 2.45) is 5.73 Å². The van der Waals surface area contributed by atoms with Crippen LogP contribution in [0.5, 0.6) is 0 Å². The monoisotopic (exact) mass is 305 g/mol. The van der Waals surface area contributed by atoms with Crippen LogP contribution in [-0.4, -0.2) is 51.8 Å². The summed E-state index contributed by atoms with van der Waals surface area (Å²) in [5.41, 5.74) is 6.50. The van der Waals surface area contributed by atoms with E-state index in [4.69, 9.17) is 16.2 Å². The van der Waals surface area contributed by atoms with E-state index in [1.165, 1.54) is 0 Å². The number of carboxylic acid groups (broad SMARTS) is 1. The molecule has 1 aliphatic rings. The number of amides is 1. The Morgan fingerprint density at radius 3 is 2.86 bits per heavy atom. The first-order valence-corrected chi connectivity index (χ1v) is 7.00. The summed E-state index contributed by atoms with van der Waals surface area (Å²) >= 11 is 0. The molecule has 0 unspecified atom stereocenters. The summed E-state index contributed by atoms with van der Waals surface area (Å²) < 4.78 is 0. The zero-order valence-electron chi connectivity index (χ0n) is 12.1. The van der Waals surface area contributed by atoms with Gasteiger partial charge < -0.3 is 16.2 Å². The molecule has 8 nitrogen and oxygen atoms in total. The summed E-state index contributed by atoms with van der Waals surface area (Å²) in [4.78, 5) is 28.6. The Balaban J connectivity index is 1.89. The average molecular weight is 305 g/mol. The SMILES string of the molecule is N=C(N)c1ccc(CNC(=O)[C@@H]2CCCN2CC(=O)O)cn1. The minimum Gasteiger partial charge on any atom is -0.480 e. The highest BCUT2D eigenvalue weighted by atomic mass is 16.4. The van der Waals surface area contributed by atoms with Gasteiger partial charge in [0.25, 0.3) is 0 Å². The van der Waals surface area contributed by atoms with Crippen LogP contribution in [0, 0.1) is 5.41 Å². The Hall–Kier alpha value is -2.48. The van der Waals surface area contributed by atoms with Crippen LogP contribution in [0.4, 0.5) is 0 Å². The van der Waals surface area contributed by atoms with E-state index in [1.807, 2.05) is 0 Å². The molecule has 1 aromatic rings. The number of likely N-dealkylation sites (tertiary alicyclic amines) is 1. The van der Waals surface area contributed by atoms with E-state index in [0.29, 0.717) is 25.2 Å². The number of carbonyl (C=O) groups is 2. The number of carboxylic acids is 1. The lowest BCUT2D eigenvalue weighted by atomic mass is 10.2. The van der Waals surface area contributed by atoms with Crippen LogP contribution in [0.2, 0.25) is 0 Å². The molecule has 2 rings (SSSR count). The zero-order chi connectivity index (χ0) is 16.1. The Morgan fingerprint density at radius 2 is 2.27 bits per heavy atom. The van der Waals surface area contributed by atoms with Crippen molar-refractivity contribution >= 4 is 17.7 Å². The predicted molar refractivity (Wildman–Crippen MR) is 79.3 cm³/mol. The van der Waals surface area contributed by atoms with Crippen molar-refractivity contribution in [2.75, 3.05) is 13.1 Å². The Kier molecular flexibility index (Phi) is 5.05. The molecule has 2 heterocycles. The molecule has 1 atom stereocenters. The van der Waals surface area contributed by atoms with E-state index in [-0.39, 0.29) is 24.3 Å². The van der Waals surface area contributed by atoms with Gasteiger partial charge in [-0.05, 0) is 31.0 Å². The molecule has 5 N–H and O–H groups in total. The van der Waals surface area contributed by atoms with Crippen LogP contribution in [0.1, 0.15) is 24.1 Å². The third-order valence-corrected chi connectivity index (χ3v) is 3.57. The van der Waals surface area contributed by atoms with Crippen LogP contribution < -0.4 is 11.1 Å². The minimum atomic E-state index is -0.927. The molecule has 0 spiro atoms. The van der Waals surface area contributed by atoms with Crippen molar-refractivity contribution in [1.29, 1.82) is 5.41 Å². The van der Waals surface area contributed by atoms with Crippen molar-refractivity contribution in [3.05, 3.63) is 29.6 Å². The van der Waals surface area contributed by atoms with Crippen molar-refractivity contribution in [2.45, 2.75) is 25.4 Å². The van der Waals surface area contributed by atoms with Crippen LogP contribution >= 0.6 is 0 Å². The smallest absolute Gasteiger partial charge is 0.317 e. The highest BCUT2D eigenvalue weighted by molar-refractivity contribution is 5.92. The van der Waals surface area contributed by atoms with Gasteiger partial charge in [0, 0.05) is 12.7 Å². The van der Waals surface area contributed by atoms with Gasteiger partial charge in [-0.15, -0.1) is 0 Å². The minimum absolute atomic E-state index is 0.106. The highest BCUT2D eigenvalue weighted by Crippen LogP contribution is 2.16. The number of aliphatic carboxylic acids is 1. The number of nitrogens with one attached hydrogen (secondary N) is 2. The maximum atomic E-state index is 12.2. The van der Waals surface area contributed by atoms with Crippen LogP contribution in [0.25, 0.3) is 0 Å². The van der Waals surface area contributed by atoms with Crippen LogP contribution in [0.15, 0.2) is 18.3 Å². The molecule has 118 valence electrons. The van der Waals surface area contributed by atoms with Gasteiger partial charge in [0.05, 0.1) is 12.6 Å². The van der Waals surface area contributed by atoms with Crippen molar-refractivity contribution in [3.63, 3.8) is 0 Å². The molecule has 1 amide bonds. The molecule has 8 heteroatoms. The fourth-order valence-corrected chi connectivity index (χ4v) is 2.48. The number of pyridine rings is 1. The number of rotatable bonds is 6. The summed E-state index contributed by atoms with van der Waals surface area (Å²) in [7, 11) is 0. The Labute approximate surface area is 127 Å². The van der Waals surface area contributed by atoms with Gasteiger partial charge in [-0.2, -0.15) is 0 Å². The molecule has 0 aliphatic carbocycles. The molecule has 1 fully saturated rings. The number of nitrogens with zero attached hydrogens (tertiary/aromatic N) is 2. The van der Waals surface area contributed by atoms with E-state index < -0.39 is 5.97 Å². The maximum absolute atomic E-state index is 12.2. The molecule has 0 saturated carbocycles. The number of hydrogen-bond acceptors (Lipinski definition) is 5. The fourth-order valence-electron chi connectivity index (χ4n) is 2.48. The van der Waals surface area contributed by atoms with Gasteiger partial charge in [-0.3, -0.25) is 24.9 Å². The van der Waals surface area contributed by atoms with Crippen molar-refractivity contribution < 1.29 is 14.7 Å².